The molecular formula is C14H15F4N3. The number of aryl methyl sites for hydroxylation is 1. The fourth-order valence-corrected chi connectivity index (χ4v) is 2.19. The molecule has 0 bridgehead atoms. The van der Waals surface area contributed by atoms with E-state index in [2.05, 4.69) is 10.4 Å². The Morgan fingerprint density at radius 1 is 1.29 bits per heavy atom. The van der Waals surface area contributed by atoms with E-state index >= 15 is 0 Å². The molecule has 1 aromatic carbocycles. The molecular weight excluding hydrogens is 286 g/mol. The number of alkyl halides is 3. The van der Waals surface area contributed by atoms with E-state index in [0.29, 0.717) is 12.2 Å². The van der Waals surface area contributed by atoms with Crippen molar-refractivity contribution in [3.63, 3.8) is 0 Å². The summed E-state index contributed by atoms with van der Waals surface area (Å²) in [5.74, 6) is -0.685. The zero-order valence-corrected chi connectivity index (χ0v) is 11.6. The predicted octanol–water partition coefficient (Wildman–Crippen LogP) is 3.28. The molecule has 0 radical (unpaired) electrons. The van der Waals surface area contributed by atoms with Crippen LogP contribution < -0.4 is 5.32 Å². The number of hydrogen-bond donors (Lipinski definition) is 1. The molecule has 21 heavy (non-hydrogen) atoms. The maximum atomic E-state index is 14.0. The molecule has 0 amide bonds. The largest absolute Gasteiger partial charge is 0.416 e. The lowest BCUT2D eigenvalue weighted by Gasteiger charge is -2.20. The summed E-state index contributed by atoms with van der Waals surface area (Å²) < 4.78 is 54.0. The Labute approximate surface area is 119 Å². The molecule has 7 heteroatoms. The van der Waals surface area contributed by atoms with Gasteiger partial charge in [-0.15, -0.1) is 0 Å². The molecule has 0 aliphatic rings. The van der Waals surface area contributed by atoms with Gasteiger partial charge in [-0.3, -0.25) is 4.68 Å². The van der Waals surface area contributed by atoms with E-state index in [9.17, 15) is 17.6 Å². The lowest BCUT2D eigenvalue weighted by molar-refractivity contribution is -0.137. The van der Waals surface area contributed by atoms with Crippen molar-refractivity contribution in [2.45, 2.75) is 19.1 Å². The van der Waals surface area contributed by atoms with Gasteiger partial charge in [0.25, 0.3) is 0 Å². The topological polar surface area (TPSA) is 29.9 Å². The molecule has 1 heterocycles. The fraction of sp³-hybridized carbons (Fsp3) is 0.357. The van der Waals surface area contributed by atoms with Crippen molar-refractivity contribution in [1.29, 1.82) is 0 Å². The van der Waals surface area contributed by atoms with E-state index in [1.165, 1.54) is 10.9 Å². The Morgan fingerprint density at radius 2 is 2.00 bits per heavy atom. The highest BCUT2D eigenvalue weighted by molar-refractivity contribution is 5.34. The molecule has 1 atom stereocenters. The average Bonchev–Trinajstić information content (AvgIpc) is 2.82. The molecule has 114 valence electrons. The van der Waals surface area contributed by atoms with Crippen molar-refractivity contribution >= 4 is 0 Å². The third-order valence-corrected chi connectivity index (χ3v) is 3.20. The van der Waals surface area contributed by atoms with Gasteiger partial charge in [0.1, 0.15) is 5.82 Å². The van der Waals surface area contributed by atoms with Crippen LogP contribution >= 0.6 is 0 Å². The summed E-state index contributed by atoms with van der Waals surface area (Å²) in [6.45, 7) is 2.28. The van der Waals surface area contributed by atoms with Gasteiger partial charge in [-0.1, -0.05) is 6.92 Å². The number of rotatable bonds is 4. The second-order valence-corrected chi connectivity index (χ2v) is 4.60. The molecule has 2 rings (SSSR count). The van der Waals surface area contributed by atoms with Gasteiger partial charge in [-0.2, -0.15) is 18.3 Å². The number of nitrogens with one attached hydrogen (secondary N) is 1. The minimum Gasteiger partial charge on any atom is -0.305 e. The minimum absolute atomic E-state index is 0.0460. The molecule has 1 N–H and O–H groups in total. The van der Waals surface area contributed by atoms with Crippen LogP contribution in [0.1, 0.15) is 29.8 Å². The van der Waals surface area contributed by atoms with Crippen LogP contribution in [-0.2, 0) is 13.2 Å². The zero-order chi connectivity index (χ0) is 15.6. The van der Waals surface area contributed by atoms with Crippen molar-refractivity contribution in [1.82, 2.24) is 15.1 Å². The smallest absolute Gasteiger partial charge is 0.305 e. The molecule has 0 aliphatic heterocycles. The Hall–Kier alpha value is -1.89. The van der Waals surface area contributed by atoms with E-state index in [0.717, 1.165) is 18.2 Å². The summed E-state index contributed by atoms with van der Waals surface area (Å²) in [6.07, 6.45) is -2.99. The highest BCUT2D eigenvalue weighted by Gasteiger charge is 2.32. The molecule has 1 unspecified atom stereocenters. The first kappa shape index (κ1) is 15.5. The second kappa shape index (κ2) is 5.85. The zero-order valence-electron chi connectivity index (χ0n) is 11.6. The summed E-state index contributed by atoms with van der Waals surface area (Å²) in [5, 5.41) is 6.97. The van der Waals surface area contributed by atoms with Crippen LogP contribution in [0.25, 0.3) is 0 Å². The normalized spacial score (nSPS) is 13.4. The molecule has 0 saturated carbocycles. The molecule has 0 saturated heterocycles. The quantitative estimate of drug-likeness (QED) is 0.878. The monoisotopic (exact) mass is 301 g/mol. The van der Waals surface area contributed by atoms with Crippen LogP contribution in [0.4, 0.5) is 17.6 Å². The van der Waals surface area contributed by atoms with Gasteiger partial charge in [0.2, 0.25) is 0 Å². The van der Waals surface area contributed by atoms with Gasteiger partial charge in [-0.05, 0) is 30.8 Å². The summed E-state index contributed by atoms with van der Waals surface area (Å²) >= 11 is 0. The first-order valence-electron chi connectivity index (χ1n) is 6.42. The van der Waals surface area contributed by atoms with Gasteiger partial charge in [0, 0.05) is 18.8 Å². The first-order chi connectivity index (χ1) is 9.84. The molecule has 3 nitrogen and oxygen atoms in total. The molecule has 2 aromatic rings. The fourth-order valence-electron chi connectivity index (χ4n) is 2.19. The molecule has 0 spiro atoms. The van der Waals surface area contributed by atoms with Crippen LogP contribution in [0.15, 0.2) is 30.5 Å². The van der Waals surface area contributed by atoms with Crippen LogP contribution in [0, 0.1) is 5.82 Å². The van der Waals surface area contributed by atoms with Gasteiger partial charge in [-0.25, -0.2) is 4.39 Å². The van der Waals surface area contributed by atoms with Crippen LogP contribution in [0.5, 0.6) is 0 Å². The van der Waals surface area contributed by atoms with Crippen LogP contribution in [0.3, 0.4) is 0 Å². The number of halogens is 4. The van der Waals surface area contributed by atoms with E-state index < -0.39 is 23.6 Å². The average molecular weight is 301 g/mol. The lowest BCUT2D eigenvalue weighted by Crippen LogP contribution is -2.25. The third-order valence-electron chi connectivity index (χ3n) is 3.20. The second-order valence-electron chi connectivity index (χ2n) is 4.60. The highest BCUT2D eigenvalue weighted by atomic mass is 19.4. The summed E-state index contributed by atoms with van der Waals surface area (Å²) in [7, 11) is 1.66. The Balaban J connectivity index is 2.52. The summed E-state index contributed by atoms with van der Waals surface area (Å²) in [6, 6.07) is 3.39. The Kier molecular flexibility index (Phi) is 4.32. The van der Waals surface area contributed by atoms with Crippen molar-refractivity contribution in [3.8, 4) is 0 Å². The number of hydrogen-bond acceptors (Lipinski definition) is 2. The van der Waals surface area contributed by atoms with Crippen molar-refractivity contribution in [2.75, 3.05) is 6.54 Å². The maximum Gasteiger partial charge on any atom is 0.416 e. The standard InChI is InChI=1S/C14H15F4N3/c1-3-19-13(12-6-7-20-21(12)2)10-8-9(14(16,17)18)4-5-11(10)15/h4-8,13,19H,3H2,1-2H3. The SMILES string of the molecule is CCNC(c1cc(C(F)(F)F)ccc1F)c1ccnn1C. The van der Waals surface area contributed by atoms with Crippen molar-refractivity contribution in [3.05, 3.63) is 53.1 Å². The van der Waals surface area contributed by atoms with E-state index in [4.69, 9.17) is 0 Å². The summed E-state index contributed by atoms with van der Waals surface area (Å²) in [4.78, 5) is 0. The molecule has 0 fully saturated rings. The lowest BCUT2D eigenvalue weighted by atomic mass is 10.00. The van der Waals surface area contributed by atoms with Gasteiger partial charge >= 0.3 is 6.18 Å². The predicted molar refractivity (Wildman–Crippen MR) is 70.1 cm³/mol. The summed E-state index contributed by atoms with van der Waals surface area (Å²) in [5.41, 5.74) is -0.325. The maximum absolute atomic E-state index is 14.0. The third kappa shape index (κ3) is 3.24. The van der Waals surface area contributed by atoms with E-state index in [1.54, 1.807) is 20.0 Å². The van der Waals surface area contributed by atoms with Crippen LogP contribution in [-0.4, -0.2) is 16.3 Å². The van der Waals surface area contributed by atoms with Gasteiger partial charge in [0.05, 0.1) is 17.3 Å². The van der Waals surface area contributed by atoms with E-state index in [1.807, 2.05) is 0 Å². The minimum atomic E-state index is -4.51. The first-order valence-corrected chi connectivity index (χ1v) is 6.42. The van der Waals surface area contributed by atoms with Crippen molar-refractivity contribution in [2.24, 2.45) is 7.05 Å². The molecule has 1 aromatic heterocycles. The highest BCUT2D eigenvalue weighted by Crippen LogP contribution is 2.33. The Bertz CT molecular complexity index is 619. The number of benzene rings is 1. The van der Waals surface area contributed by atoms with E-state index in [-0.39, 0.29) is 5.56 Å². The molecule has 0 aliphatic carbocycles. The van der Waals surface area contributed by atoms with Gasteiger partial charge in [0.15, 0.2) is 0 Å². The number of nitrogens with zero attached hydrogens (tertiary/aromatic N) is 2. The number of aromatic nitrogens is 2. The van der Waals surface area contributed by atoms with Gasteiger partial charge < -0.3 is 5.32 Å². The van der Waals surface area contributed by atoms with Crippen LogP contribution in [0.2, 0.25) is 0 Å². The Morgan fingerprint density at radius 3 is 2.52 bits per heavy atom. The van der Waals surface area contributed by atoms with Crippen molar-refractivity contribution < 1.29 is 17.6 Å².